The number of hydrogen-bond donors (Lipinski definition) is 2. The smallest absolute Gasteiger partial charge is 0.464 e. The monoisotopic (exact) mass is 593 g/mol. The molecule has 2 N–H and O–H groups in total. The molecule has 2 fully saturated rings. The molecule has 3 heterocycles. The molecule has 2 saturated heterocycles. The van der Waals surface area contributed by atoms with Gasteiger partial charge in [-0.1, -0.05) is 18.5 Å². The summed E-state index contributed by atoms with van der Waals surface area (Å²) in [5.41, 5.74) is -1.81. The number of halogens is 1. The van der Waals surface area contributed by atoms with Crippen LogP contribution in [0, 0.1) is 12.3 Å². The molecule has 1 aromatic heterocycles. The Morgan fingerprint density at radius 2 is 1.90 bits per heavy atom. The van der Waals surface area contributed by atoms with Gasteiger partial charge in [-0.2, -0.15) is 4.31 Å². The zero-order chi connectivity index (χ0) is 28.8. The molecule has 0 amide bonds. The Morgan fingerprint density at radius 3 is 2.52 bits per heavy atom. The predicted molar refractivity (Wildman–Crippen MR) is 145 cm³/mol. The fourth-order valence-corrected chi connectivity index (χ4v) is 6.64. The minimum Gasteiger partial charge on any atom is -0.464 e. The van der Waals surface area contributed by atoms with E-state index in [0.717, 1.165) is 11.4 Å². The number of carbonyl (C=O) groups excluding carboxylic acids is 1. The van der Waals surface area contributed by atoms with Gasteiger partial charge in [0.1, 0.15) is 22.9 Å². The molecule has 2 aliphatic heterocycles. The first-order valence-electron chi connectivity index (χ1n) is 12.5. The third kappa shape index (κ3) is 4.98. The van der Waals surface area contributed by atoms with Crippen molar-refractivity contribution in [2.45, 2.75) is 43.9 Å². The Labute approximate surface area is 234 Å². The zero-order valence-electron chi connectivity index (χ0n) is 22.0. The van der Waals surface area contributed by atoms with E-state index in [2.05, 4.69) is 15.4 Å². The first kappa shape index (κ1) is 28.1. The van der Waals surface area contributed by atoms with E-state index >= 15 is 0 Å². The van der Waals surface area contributed by atoms with Crippen LogP contribution in [0.25, 0.3) is 0 Å². The second-order valence-electron chi connectivity index (χ2n) is 10.1. The molecule has 0 bridgehead atoms. The van der Waals surface area contributed by atoms with Crippen LogP contribution in [0.5, 0.6) is 0 Å². The van der Waals surface area contributed by atoms with E-state index in [0.29, 0.717) is 37.6 Å². The molecular weight excluding hydrogens is 566 g/mol. The van der Waals surface area contributed by atoms with E-state index in [1.807, 2.05) is 6.92 Å². The molecule has 0 saturated carbocycles. The maximum Gasteiger partial charge on any atom is 0.509 e. The fraction of sp³-hybridized carbons (Fsp3) is 0.423. The van der Waals surface area contributed by atoms with Gasteiger partial charge in [0.15, 0.2) is 6.23 Å². The number of benzene rings is 1. The van der Waals surface area contributed by atoms with Crippen molar-refractivity contribution >= 4 is 44.8 Å². The molecule has 14 heteroatoms. The summed E-state index contributed by atoms with van der Waals surface area (Å²) in [6.45, 7) is 4.76. The Balaban J connectivity index is 1.43. The number of hydrogen-bond acceptors (Lipinski definition) is 11. The lowest BCUT2D eigenvalue weighted by Crippen LogP contribution is -2.49. The minimum absolute atomic E-state index is 0.0348. The highest BCUT2D eigenvalue weighted by atomic mass is 35.5. The third-order valence-electron chi connectivity index (χ3n) is 7.16. The number of carbonyl (C=O) groups is 1. The molecule has 12 nitrogen and oxygen atoms in total. The van der Waals surface area contributed by atoms with Crippen molar-refractivity contribution in [3.63, 3.8) is 0 Å². The van der Waals surface area contributed by atoms with E-state index < -0.39 is 44.7 Å². The van der Waals surface area contributed by atoms with Gasteiger partial charge in [-0.25, -0.2) is 13.2 Å². The fourth-order valence-electron chi connectivity index (χ4n) is 4.87. The van der Waals surface area contributed by atoms with Crippen LogP contribution in [0.4, 0.5) is 21.9 Å². The Hall–Kier alpha value is -3.39. The Bertz CT molecular complexity index is 1620. The highest BCUT2D eigenvalue weighted by molar-refractivity contribution is 7.89. The maximum atomic E-state index is 13.4. The van der Waals surface area contributed by atoms with Gasteiger partial charge in [0.25, 0.3) is 10.9 Å². The van der Waals surface area contributed by atoms with Gasteiger partial charge in [-0.05, 0) is 43.7 Å². The summed E-state index contributed by atoms with van der Waals surface area (Å²) in [4.78, 5) is 36.7. The largest absolute Gasteiger partial charge is 0.509 e. The Morgan fingerprint density at radius 1 is 1.18 bits per heavy atom. The molecule has 0 spiro atoms. The van der Waals surface area contributed by atoms with Crippen LogP contribution in [0.15, 0.2) is 49.2 Å². The molecule has 0 radical (unpaired) electrons. The van der Waals surface area contributed by atoms with Gasteiger partial charge in [-0.3, -0.25) is 9.59 Å². The summed E-state index contributed by atoms with van der Waals surface area (Å²) < 4.78 is 48.8. The highest BCUT2D eigenvalue weighted by Gasteiger charge is 2.45. The quantitative estimate of drug-likeness (QED) is 0.276. The van der Waals surface area contributed by atoms with Gasteiger partial charge < -0.3 is 29.3 Å². The van der Waals surface area contributed by atoms with Gasteiger partial charge in [0, 0.05) is 18.4 Å². The first-order valence-corrected chi connectivity index (χ1v) is 14.3. The van der Waals surface area contributed by atoms with Crippen LogP contribution in [0.1, 0.15) is 37.3 Å². The van der Waals surface area contributed by atoms with Crippen LogP contribution in [0.2, 0.25) is 5.02 Å². The molecule has 3 aromatic rings. The van der Waals surface area contributed by atoms with Crippen LogP contribution >= 0.6 is 11.6 Å². The number of aryl methyl sites for hydroxylation is 1. The number of rotatable bonds is 9. The summed E-state index contributed by atoms with van der Waals surface area (Å²) in [5, 5.41) is 6.13. The van der Waals surface area contributed by atoms with Gasteiger partial charge in [-0.15, -0.1) is 0 Å². The lowest BCUT2D eigenvalue weighted by Gasteiger charge is -2.44. The average Bonchev–Trinajstić information content (AvgIpc) is 3.56. The molecule has 2 atom stereocenters. The number of sulfonamides is 1. The molecule has 1 unspecified atom stereocenters. The molecule has 5 rings (SSSR count). The second kappa shape index (κ2) is 10.5. The highest BCUT2D eigenvalue weighted by Crippen LogP contribution is 2.43. The molecular formula is C26H28ClN3O9S. The summed E-state index contributed by atoms with van der Waals surface area (Å²) >= 11 is 6.36. The second-order valence-corrected chi connectivity index (χ2v) is 12.4. The standard InChI is InChI=1S/C26H28ClN3O9S/c1-14-6-9-18(38-14)24(26(2)12-37-13-26)29-21-20(22(31)23(21)32)28-17-11-15(7-8-16(17)27)40(34,35)30-10-4-5-19(30)39-25(33)36-3/h6-9,11,19,24,28-29H,4-5,10,12-13H2,1-3H3/t19-,24?/m0/s1. The molecule has 40 heavy (non-hydrogen) atoms. The number of nitrogens with one attached hydrogen (secondary N) is 2. The van der Waals surface area contributed by atoms with Crippen molar-refractivity contribution in [1.29, 1.82) is 0 Å². The number of methoxy groups -OCH3 is 1. The van der Waals surface area contributed by atoms with Gasteiger partial charge in [0.2, 0.25) is 10.0 Å². The molecule has 2 aromatic carbocycles. The molecule has 0 aliphatic carbocycles. The van der Waals surface area contributed by atoms with Crippen LogP contribution < -0.4 is 21.5 Å². The lowest BCUT2D eigenvalue weighted by atomic mass is 9.79. The maximum absolute atomic E-state index is 13.4. The summed E-state index contributed by atoms with van der Waals surface area (Å²) in [6.07, 6.45) is -1.21. The minimum atomic E-state index is -4.12. The summed E-state index contributed by atoms with van der Waals surface area (Å²) in [6, 6.07) is 7.08. The lowest BCUT2D eigenvalue weighted by molar-refractivity contribution is -0.115. The van der Waals surface area contributed by atoms with Crippen LogP contribution in [0.3, 0.4) is 0 Å². The molecule has 2 aliphatic rings. The van der Waals surface area contributed by atoms with Crippen molar-refractivity contribution in [3.05, 3.63) is 67.3 Å². The van der Waals surface area contributed by atoms with Crippen molar-refractivity contribution in [3.8, 4) is 0 Å². The van der Waals surface area contributed by atoms with E-state index in [1.165, 1.54) is 18.2 Å². The van der Waals surface area contributed by atoms with Gasteiger partial charge in [0.05, 0.1) is 42.0 Å². The van der Waals surface area contributed by atoms with E-state index in [4.69, 9.17) is 25.5 Å². The van der Waals surface area contributed by atoms with Crippen LogP contribution in [-0.2, 0) is 24.2 Å². The topological polar surface area (TPSA) is 153 Å². The normalized spacial score (nSPS) is 19.6. The number of anilines is 3. The van der Waals surface area contributed by atoms with E-state index in [-0.39, 0.29) is 33.5 Å². The summed E-state index contributed by atoms with van der Waals surface area (Å²) in [7, 11) is -2.98. The molecule has 214 valence electrons. The average molecular weight is 594 g/mol. The van der Waals surface area contributed by atoms with Gasteiger partial charge >= 0.3 is 6.16 Å². The first-order chi connectivity index (χ1) is 18.9. The predicted octanol–water partition coefficient (Wildman–Crippen LogP) is 3.66. The van der Waals surface area contributed by atoms with Crippen molar-refractivity contribution in [2.75, 3.05) is 37.5 Å². The number of ether oxygens (including phenoxy) is 3. The summed E-state index contributed by atoms with van der Waals surface area (Å²) in [5.74, 6) is 1.28. The zero-order valence-corrected chi connectivity index (χ0v) is 23.6. The van der Waals surface area contributed by atoms with E-state index in [1.54, 1.807) is 19.1 Å². The van der Waals surface area contributed by atoms with E-state index in [9.17, 15) is 22.8 Å². The van der Waals surface area contributed by atoms with Crippen molar-refractivity contribution in [2.24, 2.45) is 5.41 Å². The number of furan rings is 1. The van der Waals surface area contributed by atoms with Crippen molar-refractivity contribution < 1.29 is 31.8 Å². The third-order valence-corrected chi connectivity index (χ3v) is 9.37. The number of nitrogens with zero attached hydrogens (tertiary/aromatic N) is 1. The SMILES string of the molecule is COC(=O)O[C@H]1CCCN1S(=O)(=O)c1ccc(Cl)c(Nc2c(NC(c3ccc(C)o3)C3(C)COC3)c(=O)c2=O)c1. The van der Waals surface area contributed by atoms with Crippen LogP contribution in [-0.4, -0.2) is 52.0 Å². The Kier molecular flexibility index (Phi) is 7.42. The van der Waals surface area contributed by atoms with Crippen molar-refractivity contribution in [1.82, 2.24) is 4.31 Å².